The van der Waals surface area contributed by atoms with Gasteiger partial charge in [0.05, 0.1) is 15.8 Å². The summed E-state index contributed by atoms with van der Waals surface area (Å²) in [6, 6.07) is 4.85. The molecule has 0 aliphatic heterocycles. The van der Waals surface area contributed by atoms with Gasteiger partial charge in [-0.25, -0.2) is 4.57 Å². The molecule has 118 valence electrons. The van der Waals surface area contributed by atoms with Gasteiger partial charge in [-0.1, -0.05) is 22.6 Å². The molecule has 1 heterocycles. The van der Waals surface area contributed by atoms with Crippen LogP contribution in [0.5, 0.6) is 11.8 Å². The number of anilines is 1. The summed E-state index contributed by atoms with van der Waals surface area (Å²) >= 11 is 1.88. The molecular formula is C12H11IN2O6S. The van der Waals surface area contributed by atoms with E-state index in [-0.39, 0.29) is 27.1 Å². The van der Waals surface area contributed by atoms with Crippen molar-refractivity contribution in [1.82, 2.24) is 4.57 Å². The van der Waals surface area contributed by atoms with Crippen LogP contribution < -0.4 is 5.73 Å². The summed E-state index contributed by atoms with van der Waals surface area (Å²) < 4.78 is 32.2. The minimum absolute atomic E-state index is 0.0144. The summed E-state index contributed by atoms with van der Waals surface area (Å²) in [5.74, 6) is -1.77. The van der Waals surface area contributed by atoms with Crippen LogP contribution in [0.15, 0.2) is 29.2 Å². The Morgan fingerprint density at radius 1 is 1.27 bits per heavy atom. The van der Waals surface area contributed by atoms with Gasteiger partial charge in [-0.2, -0.15) is 8.42 Å². The molecular weight excluding hydrogens is 427 g/mol. The first kappa shape index (κ1) is 16.6. The second-order valence-electron chi connectivity index (χ2n) is 4.33. The van der Waals surface area contributed by atoms with Crippen LogP contribution in [0.1, 0.15) is 10.4 Å². The molecule has 2 rings (SSSR count). The first-order valence-electron chi connectivity index (χ1n) is 5.77. The van der Waals surface area contributed by atoms with E-state index in [0.29, 0.717) is 6.07 Å². The third-order valence-corrected chi connectivity index (χ3v) is 4.46. The monoisotopic (exact) mass is 438 g/mol. The highest BCUT2D eigenvalue weighted by atomic mass is 127. The van der Waals surface area contributed by atoms with Crippen molar-refractivity contribution in [2.75, 3.05) is 10.2 Å². The number of rotatable bonds is 4. The quantitative estimate of drug-likeness (QED) is 0.186. The Kier molecular flexibility index (Phi) is 4.35. The van der Waals surface area contributed by atoms with Crippen LogP contribution in [-0.2, 0) is 10.1 Å². The SMILES string of the molecule is Nc1ccc(C(=O)CI)cc1-n1c(O)cc(S(=O)(=O)O)c1O. The molecule has 0 atom stereocenters. The van der Waals surface area contributed by atoms with E-state index in [1.54, 1.807) is 0 Å². The van der Waals surface area contributed by atoms with Gasteiger partial charge in [-0.3, -0.25) is 9.35 Å². The largest absolute Gasteiger partial charge is 0.494 e. The number of aromatic hydroxyl groups is 2. The van der Waals surface area contributed by atoms with Gasteiger partial charge in [0.15, 0.2) is 16.6 Å². The minimum atomic E-state index is -4.73. The normalized spacial score (nSPS) is 11.5. The molecule has 1 aromatic heterocycles. The summed E-state index contributed by atoms with van der Waals surface area (Å²) in [6.45, 7) is 0. The molecule has 0 bridgehead atoms. The molecule has 1 aromatic carbocycles. The average molecular weight is 438 g/mol. The minimum Gasteiger partial charge on any atom is -0.494 e. The van der Waals surface area contributed by atoms with Gasteiger partial charge >= 0.3 is 0 Å². The second kappa shape index (κ2) is 5.78. The van der Waals surface area contributed by atoms with Crippen molar-refractivity contribution in [2.45, 2.75) is 4.90 Å². The third-order valence-electron chi connectivity index (χ3n) is 2.91. The van der Waals surface area contributed by atoms with E-state index in [1.807, 2.05) is 22.6 Å². The molecule has 0 saturated carbocycles. The Morgan fingerprint density at radius 3 is 2.41 bits per heavy atom. The van der Waals surface area contributed by atoms with Gasteiger partial charge in [0, 0.05) is 11.6 Å². The molecule has 0 amide bonds. The summed E-state index contributed by atoms with van der Waals surface area (Å²) in [5.41, 5.74) is 6.13. The zero-order valence-corrected chi connectivity index (χ0v) is 13.9. The molecule has 0 radical (unpaired) electrons. The first-order valence-corrected chi connectivity index (χ1v) is 8.73. The summed E-state index contributed by atoms with van der Waals surface area (Å²) in [6.07, 6.45) is 0. The van der Waals surface area contributed by atoms with Crippen molar-refractivity contribution in [1.29, 1.82) is 0 Å². The van der Waals surface area contributed by atoms with Gasteiger partial charge in [-0.15, -0.1) is 0 Å². The Bertz CT molecular complexity index is 859. The van der Waals surface area contributed by atoms with Gasteiger partial charge in [0.1, 0.15) is 0 Å². The molecule has 0 fully saturated rings. The van der Waals surface area contributed by atoms with Crippen molar-refractivity contribution < 1.29 is 28.0 Å². The maximum Gasteiger partial charge on any atom is 0.300 e. The number of nitrogens with zero attached hydrogens (tertiary/aromatic N) is 1. The van der Waals surface area contributed by atoms with E-state index in [2.05, 4.69) is 0 Å². The van der Waals surface area contributed by atoms with Crippen LogP contribution in [0, 0.1) is 0 Å². The number of alkyl halides is 1. The fraction of sp³-hybridized carbons (Fsp3) is 0.0833. The highest BCUT2D eigenvalue weighted by molar-refractivity contribution is 14.1. The van der Waals surface area contributed by atoms with Crippen molar-refractivity contribution in [3.63, 3.8) is 0 Å². The van der Waals surface area contributed by atoms with Crippen LogP contribution in [0.3, 0.4) is 0 Å². The fourth-order valence-corrected chi connectivity index (χ4v) is 2.90. The number of hydrogen-bond acceptors (Lipinski definition) is 6. The van der Waals surface area contributed by atoms with E-state index >= 15 is 0 Å². The fourth-order valence-electron chi connectivity index (χ4n) is 1.88. The summed E-state index contributed by atoms with van der Waals surface area (Å²) in [4.78, 5) is 10.9. The van der Waals surface area contributed by atoms with Gasteiger partial charge in [0.25, 0.3) is 10.1 Å². The smallest absolute Gasteiger partial charge is 0.300 e. The summed E-state index contributed by atoms with van der Waals surface area (Å²) in [7, 11) is -4.73. The van der Waals surface area contributed by atoms with Gasteiger partial charge in [-0.05, 0) is 18.2 Å². The first-order chi connectivity index (χ1) is 10.2. The Hall–Kier alpha value is -1.79. The van der Waals surface area contributed by atoms with Crippen molar-refractivity contribution >= 4 is 44.2 Å². The van der Waals surface area contributed by atoms with Crippen LogP contribution in [0.25, 0.3) is 5.69 Å². The van der Waals surface area contributed by atoms with Crippen molar-refractivity contribution in [2.24, 2.45) is 0 Å². The topological polar surface area (TPSA) is 143 Å². The molecule has 0 spiro atoms. The number of nitrogens with two attached hydrogens (primary N) is 1. The molecule has 0 unspecified atom stereocenters. The molecule has 0 saturated heterocycles. The maximum absolute atomic E-state index is 11.7. The number of benzene rings is 1. The standard InChI is InChI=1S/C12H11IN2O6S/c13-5-9(16)6-1-2-7(14)8(3-6)15-11(17)4-10(12(15)18)22(19,20)21/h1-4,17-18H,5,14H2,(H,19,20,21). The molecule has 0 aliphatic rings. The van der Waals surface area contributed by atoms with Crippen LogP contribution >= 0.6 is 22.6 Å². The third kappa shape index (κ3) is 2.89. The number of halogens is 1. The van der Waals surface area contributed by atoms with Gasteiger partial charge < -0.3 is 15.9 Å². The number of carbonyl (C=O) groups is 1. The number of Topliss-reactive ketones (excluding diaryl/α,β-unsaturated/α-hetero) is 1. The van der Waals surface area contributed by atoms with Crippen molar-refractivity contribution in [3.05, 3.63) is 29.8 Å². The van der Waals surface area contributed by atoms with E-state index in [4.69, 9.17) is 10.3 Å². The lowest BCUT2D eigenvalue weighted by Crippen LogP contribution is -2.05. The predicted octanol–water partition coefficient (Wildman–Crippen LogP) is 1.34. The van der Waals surface area contributed by atoms with Crippen molar-refractivity contribution in [3.8, 4) is 17.4 Å². The molecule has 8 nitrogen and oxygen atoms in total. The summed E-state index contributed by atoms with van der Waals surface area (Å²) in [5, 5.41) is 19.8. The van der Waals surface area contributed by atoms with E-state index < -0.39 is 26.8 Å². The Morgan fingerprint density at radius 2 is 1.91 bits per heavy atom. The second-order valence-corrected chi connectivity index (χ2v) is 6.48. The maximum atomic E-state index is 11.7. The predicted molar refractivity (Wildman–Crippen MR) is 86.5 cm³/mol. The number of ketones is 1. The average Bonchev–Trinajstić information content (AvgIpc) is 2.74. The zero-order valence-electron chi connectivity index (χ0n) is 10.9. The van der Waals surface area contributed by atoms with E-state index in [1.165, 1.54) is 18.2 Å². The lowest BCUT2D eigenvalue weighted by atomic mass is 10.1. The highest BCUT2D eigenvalue weighted by Crippen LogP contribution is 2.36. The van der Waals surface area contributed by atoms with Crippen LogP contribution in [0.4, 0.5) is 5.69 Å². The zero-order chi connectivity index (χ0) is 16.7. The molecule has 22 heavy (non-hydrogen) atoms. The lowest BCUT2D eigenvalue weighted by Gasteiger charge is -2.11. The molecule has 5 N–H and O–H groups in total. The molecule has 2 aromatic rings. The van der Waals surface area contributed by atoms with Gasteiger partial charge in [0.2, 0.25) is 5.88 Å². The number of carbonyl (C=O) groups excluding carboxylic acids is 1. The number of hydrogen-bond donors (Lipinski definition) is 4. The highest BCUT2D eigenvalue weighted by Gasteiger charge is 2.25. The number of nitrogen functional groups attached to an aromatic ring is 1. The molecule has 0 aliphatic carbocycles. The lowest BCUT2D eigenvalue weighted by molar-refractivity contribution is 0.102. The Balaban J connectivity index is 2.72. The van der Waals surface area contributed by atoms with Crippen LogP contribution in [-0.4, -0.2) is 38.0 Å². The number of aromatic nitrogens is 1. The van der Waals surface area contributed by atoms with E-state index in [0.717, 1.165) is 4.57 Å². The Labute approximate surface area is 139 Å². The van der Waals surface area contributed by atoms with E-state index in [9.17, 15) is 23.4 Å². The van der Waals surface area contributed by atoms with Crippen LogP contribution in [0.2, 0.25) is 0 Å². The molecule has 10 heteroatoms.